The molecule has 114 valence electrons. The quantitative estimate of drug-likeness (QED) is 0.758. The summed E-state index contributed by atoms with van der Waals surface area (Å²) >= 11 is 1.71. The van der Waals surface area contributed by atoms with Crippen LogP contribution in [-0.2, 0) is 17.8 Å². The Morgan fingerprint density at radius 3 is 3.00 bits per heavy atom. The van der Waals surface area contributed by atoms with Crippen LogP contribution in [0.5, 0.6) is 0 Å². The zero-order valence-corrected chi connectivity index (χ0v) is 13.6. The van der Waals surface area contributed by atoms with E-state index in [9.17, 15) is 0 Å². The number of hydrogen-bond acceptors (Lipinski definition) is 6. The highest BCUT2D eigenvalue weighted by atomic mass is 32.1. The van der Waals surface area contributed by atoms with Crippen LogP contribution in [-0.4, -0.2) is 37.3 Å². The fourth-order valence-electron chi connectivity index (χ4n) is 1.94. The summed E-state index contributed by atoms with van der Waals surface area (Å²) in [4.78, 5) is 12.4. The van der Waals surface area contributed by atoms with Crippen LogP contribution in [0.4, 0.5) is 5.13 Å². The van der Waals surface area contributed by atoms with Gasteiger partial charge in [-0.25, -0.2) is 4.98 Å². The minimum Gasteiger partial charge on any atom is -0.383 e. The van der Waals surface area contributed by atoms with Crippen LogP contribution < -0.4 is 10.2 Å². The van der Waals surface area contributed by atoms with Crippen molar-refractivity contribution in [3.63, 3.8) is 0 Å². The van der Waals surface area contributed by atoms with Crippen molar-refractivity contribution in [2.24, 2.45) is 0 Å². The molecule has 5 nitrogen and oxygen atoms in total. The van der Waals surface area contributed by atoms with E-state index in [1.54, 1.807) is 18.4 Å². The topological polar surface area (TPSA) is 50.3 Å². The Bertz CT molecular complexity index is 558. The van der Waals surface area contributed by atoms with Gasteiger partial charge < -0.3 is 15.0 Å². The van der Waals surface area contributed by atoms with E-state index in [1.807, 2.05) is 38.4 Å². The first-order chi connectivity index (χ1) is 10.2. The molecule has 2 aromatic heterocycles. The molecule has 2 heterocycles. The summed E-state index contributed by atoms with van der Waals surface area (Å²) in [5.74, 6) is 0. The van der Waals surface area contributed by atoms with Gasteiger partial charge >= 0.3 is 0 Å². The number of aryl methyl sites for hydroxylation is 1. The van der Waals surface area contributed by atoms with Gasteiger partial charge in [-0.2, -0.15) is 0 Å². The largest absolute Gasteiger partial charge is 0.383 e. The molecule has 0 saturated heterocycles. The lowest BCUT2D eigenvalue weighted by Crippen LogP contribution is -2.18. The van der Waals surface area contributed by atoms with E-state index in [0.29, 0.717) is 0 Å². The monoisotopic (exact) mass is 306 g/mol. The van der Waals surface area contributed by atoms with Crippen molar-refractivity contribution < 1.29 is 4.74 Å². The Hall–Kier alpha value is -1.50. The molecule has 0 fully saturated rings. The van der Waals surface area contributed by atoms with Crippen molar-refractivity contribution in [1.82, 2.24) is 15.3 Å². The first kappa shape index (κ1) is 15.9. The summed E-state index contributed by atoms with van der Waals surface area (Å²) in [6.45, 7) is 5.19. The van der Waals surface area contributed by atoms with E-state index in [0.717, 1.165) is 42.8 Å². The van der Waals surface area contributed by atoms with E-state index in [4.69, 9.17) is 4.74 Å². The van der Waals surface area contributed by atoms with Gasteiger partial charge in [-0.3, -0.25) is 4.98 Å². The van der Waals surface area contributed by atoms with Crippen molar-refractivity contribution in [1.29, 1.82) is 0 Å². The Morgan fingerprint density at radius 2 is 2.24 bits per heavy atom. The summed E-state index contributed by atoms with van der Waals surface area (Å²) < 4.78 is 5.01. The third kappa shape index (κ3) is 5.08. The number of rotatable bonds is 8. The molecule has 2 rings (SSSR count). The van der Waals surface area contributed by atoms with E-state index in [1.165, 1.54) is 4.88 Å². The van der Waals surface area contributed by atoms with E-state index < -0.39 is 0 Å². The zero-order valence-electron chi connectivity index (χ0n) is 12.8. The predicted octanol–water partition coefficient (Wildman–Crippen LogP) is 2.22. The molecule has 0 unspecified atom stereocenters. The van der Waals surface area contributed by atoms with Crippen LogP contribution >= 0.6 is 11.3 Å². The number of methoxy groups -OCH3 is 1. The average Bonchev–Trinajstić information content (AvgIpc) is 2.93. The van der Waals surface area contributed by atoms with E-state index >= 15 is 0 Å². The summed E-state index contributed by atoms with van der Waals surface area (Å²) in [6, 6.07) is 6.10. The molecular weight excluding hydrogens is 284 g/mol. The molecular formula is C15H22N4OS. The lowest BCUT2D eigenvalue weighted by atomic mass is 10.3. The molecule has 2 aromatic rings. The molecule has 0 saturated carbocycles. The Morgan fingerprint density at radius 1 is 1.38 bits per heavy atom. The standard InChI is InChI=1S/C15H22N4OS/c1-12-5-4-6-13(18-12)11-19(2)15-17-10-14(21-15)9-16-7-8-20-3/h4-6,10,16H,7-9,11H2,1-3H3. The molecule has 0 aliphatic heterocycles. The maximum absolute atomic E-state index is 5.01. The molecule has 0 spiro atoms. The molecule has 0 aliphatic rings. The van der Waals surface area contributed by atoms with E-state index in [-0.39, 0.29) is 0 Å². The van der Waals surface area contributed by atoms with Crippen molar-refractivity contribution in [3.8, 4) is 0 Å². The van der Waals surface area contributed by atoms with Crippen molar-refractivity contribution in [3.05, 3.63) is 40.7 Å². The van der Waals surface area contributed by atoms with Gasteiger partial charge in [0.1, 0.15) is 0 Å². The van der Waals surface area contributed by atoms with E-state index in [2.05, 4.69) is 20.2 Å². The normalized spacial score (nSPS) is 10.8. The van der Waals surface area contributed by atoms with Crippen LogP contribution in [0.2, 0.25) is 0 Å². The van der Waals surface area contributed by atoms with Gasteiger partial charge in [0.15, 0.2) is 5.13 Å². The number of nitrogens with one attached hydrogen (secondary N) is 1. The van der Waals surface area contributed by atoms with Gasteiger partial charge in [-0.1, -0.05) is 6.07 Å². The Kier molecular flexibility index (Phi) is 6.10. The maximum atomic E-state index is 5.01. The molecule has 0 amide bonds. The minimum atomic E-state index is 0.727. The first-order valence-electron chi connectivity index (χ1n) is 6.97. The lowest BCUT2D eigenvalue weighted by Gasteiger charge is -2.15. The molecule has 21 heavy (non-hydrogen) atoms. The average molecular weight is 306 g/mol. The number of aromatic nitrogens is 2. The van der Waals surface area contributed by atoms with Crippen molar-refractivity contribution in [2.75, 3.05) is 32.2 Å². The third-order valence-electron chi connectivity index (χ3n) is 3.00. The van der Waals surface area contributed by atoms with Crippen molar-refractivity contribution in [2.45, 2.75) is 20.0 Å². The second-order valence-electron chi connectivity index (χ2n) is 4.91. The summed E-state index contributed by atoms with van der Waals surface area (Å²) in [5, 5.41) is 4.34. The highest BCUT2D eigenvalue weighted by Crippen LogP contribution is 2.22. The maximum Gasteiger partial charge on any atom is 0.185 e. The lowest BCUT2D eigenvalue weighted by molar-refractivity contribution is 0.199. The third-order valence-corrected chi connectivity index (χ3v) is 4.11. The molecule has 0 radical (unpaired) electrons. The predicted molar refractivity (Wildman–Crippen MR) is 86.8 cm³/mol. The summed E-state index contributed by atoms with van der Waals surface area (Å²) in [7, 11) is 3.76. The van der Waals surface area contributed by atoms with Gasteiger partial charge in [0.05, 0.1) is 18.8 Å². The van der Waals surface area contributed by atoms with Gasteiger partial charge in [0.25, 0.3) is 0 Å². The smallest absolute Gasteiger partial charge is 0.185 e. The molecule has 6 heteroatoms. The van der Waals surface area contributed by atoms with Crippen LogP contribution in [0.3, 0.4) is 0 Å². The summed E-state index contributed by atoms with van der Waals surface area (Å²) in [6.07, 6.45) is 1.93. The SMILES string of the molecule is COCCNCc1cnc(N(C)Cc2cccc(C)n2)s1. The van der Waals surface area contributed by atoms with Gasteiger partial charge in [0.2, 0.25) is 0 Å². The molecule has 0 aromatic carbocycles. The Labute approximate surface area is 130 Å². The fraction of sp³-hybridized carbons (Fsp3) is 0.467. The fourth-order valence-corrected chi connectivity index (χ4v) is 2.78. The highest BCUT2D eigenvalue weighted by Gasteiger charge is 2.08. The van der Waals surface area contributed by atoms with Crippen LogP contribution in [0.1, 0.15) is 16.3 Å². The molecule has 0 atom stereocenters. The second-order valence-corrected chi connectivity index (χ2v) is 6.00. The van der Waals surface area contributed by atoms with Crippen molar-refractivity contribution >= 4 is 16.5 Å². The van der Waals surface area contributed by atoms with Crippen LogP contribution in [0.25, 0.3) is 0 Å². The van der Waals surface area contributed by atoms with Gasteiger partial charge in [-0.15, -0.1) is 11.3 Å². The number of thiazole rings is 1. The number of anilines is 1. The Balaban J connectivity index is 1.88. The minimum absolute atomic E-state index is 0.727. The van der Waals surface area contributed by atoms with Gasteiger partial charge in [0, 0.05) is 44.0 Å². The second kappa shape index (κ2) is 8.07. The number of ether oxygens (including phenoxy) is 1. The summed E-state index contributed by atoms with van der Waals surface area (Å²) in [5.41, 5.74) is 2.11. The zero-order chi connectivity index (χ0) is 15.1. The first-order valence-corrected chi connectivity index (χ1v) is 7.78. The number of hydrogen-bond donors (Lipinski definition) is 1. The molecule has 1 N–H and O–H groups in total. The number of nitrogens with zero attached hydrogens (tertiary/aromatic N) is 3. The molecule has 0 bridgehead atoms. The number of pyridine rings is 1. The van der Waals surface area contributed by atoms with Crippen LogP contribution in [0.15, 0.2) is 24.4 Å². The van der Waals surface area contributed by atoms with Crippen LogP contribution in [0, 0.1) is 6.92 Å². The van der Waals surface area contributed by atoms with Gasteiger partial charge in [-0.05, 0) is 19.1 Å². The molecule has 0 aliphatic carbocycles. The highest BCUT2D eigenvalue weighted by molar-refractivity contribution is 7.15.